The molecule has 1 amide bonds. The third kappa shape index (κ3) is 5.66. The number of halogens is 1. The largest absolute Gasteiger partial charge is 0.350 e. The molecule has 2 aromatic carbocycles. The number of carbonyl (C=O) groups excluding carboxylic acids is 1. The number of hydrogen-bond donors (Lipinski definition) is 1. The summed E-state index contributed by atoms with van der Waals surface area (Å²) in [4.78, 5) is 13.2. The second kappa shape index (κ2) is 8.60. The number of amides is 1. The van der Waals surface area contributed by atoms with Gasteiger partial charge in [-0.25, -0.2) is 8.42 Å². The Morgan fingerprint density at radius 3 is 2.56 bits per heavy atom. The maximum absolute atomic E-state index is 12.2. The van der Waals surface area contributed by atoms with E-state index in [1.54, 1.807) is 36.4 Å². The Labute approximate surface area is 157 Å². The Hall–Kier alpha value is -1.70. The third-order valence-electron chi connectivity index (χ3n) is 3.46. The van der Waals surface area contributed by atoms with Crippen molar-refractivity contribution in [3.05, 3.63) is 59.1 Å². The third-order valence-corrected chi connectivity index (χ3v) is 5.70. The molecule has 0 saturated carbocycles. The molecule has 1 N–H and O–H groups in total. The van der Waals surface area contributed by atoms with Crippen LogP contribution in [0.1, 0.15) is 5.56 Å². The molecule has 2 rings (SSSR count). The molecule has 2 aromatic rings. The van der Waals surface area contributed by atoms with E-state index in [-0.39, 0.29) is 13.1 Å². The highest BCUT2D eigenvalue weighted by atomic mass is 35.5. The van der Waals surface area contributed by atoms with Crippen LogP contribution in [-0.4, -0.2) is 33.4 Å². The lowest BCUT2D eigenvalue weighted by atomic mass is 10.2. The summed E-state index contributed by atoms with van der Waals surface area (Å²) in [5.74, 6) is -0.403. The Morgan fingerprint density at radius 2 is 1.92 bits per heavy atom. The second-order valence-corrected chi connectivity index (χ2v) is 8.53. The van der Waals surface area contributed by atoms with E-state index in [2.05, 4.69) is 5.32 Å². The predicted octanol–water partition coefficient (Wildman–Crippen LogP) is 3.14. The van der Waals surface area contributed by atoms with E-state index in [4.69, 9.17) is 11.6 Å². The lowest BCUT2D eigenvalue weighted by Gasteiger charge is -2.22. The fourth-order valence-electron chi connectivity index (χ4n) is 2.19. The molecule has 0 aliphatic heterocycles. The summed E-state index contributed by atoms with van der Waals surface area (Å²) in [6.07, 6.45) is 2.99. The van der Waals surface area contributed by atoms with Crippen molar-refractivity contribution in [2.24, 2.45) is 0 Å². The number of nitrogens with zero attached hydrogens (tertiary/aromatic N) is 1. The maximum Gasteiger partial charge on any atom is 0.241 e. The van der Waals surface area contributed by atoms with Gasteiger partial charge in [0, 0.05) is 16.5 Å². The molecule has 0 fully saturated rings. The minimum atomic E-state index is -3.59. The number of sulfonamides is 1. The van der Waals surface area contributed by atoms with Crippen molar-refractivity contribution >= 4 is 45.0 Å². The van der Waals surface area contributed by atoms with E-state index < -0.39 is 15.9 Å². The van der Waals surface area contributed by atoms with E-state index >= 15 is 0 Å². The van der Waals surface area contributed by atoms with Crippen molar-refractivity contribution in [1.29, 1.82) is 0 Å². The van der Waals surface area contributed by atoms with Gasteiger partial charge in [-0.2, -0.15) is 0 Å². The molecule has 0 bridgehead atoms. The van der Waals surface area contributed by atoms with Crippen molar-refractivity contribution in [1.82, 2.24) is 5.32 Å². The van der Waals surface area contributed by atoms with Gasteiger partial charge in [-0.3, -0.25) is 9.10 Å². The number of thioether (sulfide) groups is 1. The van der Waals surface area contributed by atoms with Gasteiger partial charge in [0.2, 0.25) is 15.9 Å². The van der Waals surface area contributed by atoms with Crippen LogP contribution >= 0.6 is 23.4 Å². The minimum absolute atomic E-state index is 0.237. The molecule has 8 heteroatoms. The smallest absolute Gasteiger partial charge is 0.241 e. The highest BCUT2D eigenvalue weighted by Crippen LogP contribution is 2.23. The number of hydrogen-bond acceptors (Lipinski definition) is 4. The second-order valence-electron chi connectivity index (χ2n) is 5.34. The van der Waals surface area contributed by atoms with Crippen LogP contribution in [0.15, 0.2) is 53.4 Å². The quantitative estimate of drug-likeness (QED) is 0.727. The lowest BCUT2D eigenvalue weighted by molar-refractivity contribution is -0.119. The molecule has 0 saturated heterocycles. The monoisotopic (exact) mass is 398 g/mol. The van der Waals surface area contributed by atoms with Crippen molar-refractivity contribution in [3.63, 3.8) is 0 Å². The Kier molecular flexibility index (Phi) is 6.75. The molecule has 0 heterocycles. The van der Waals surface area contributed by atoms with Crippen LogP contribution in [0.4, 0.5) is 5.69 Å². The summed E-state index contributed by atoms with van der Waals surface area (Å²) in [5, 5.41) is 3.26. The van der Waals surface area contributed by atoms with E-state index in [1.165, 1.54) is 11.8 Å². The fraction of sp³-hybridized carbons (Fsp3) is 0.235. The maximum atomic E-state index is 12.2. The highest BCUT2D eigenvalue weighted by molar-refractivity contribution is 7.98. The Morgan fingerprint density at radius 1 is 1.20 bits per heavy atom. The molecule has 0 radical (unpaired) electrons. The van der Waals surface area contributed by atoms with Crippen molar-refractivity contribution in [3.8, 4) is 0 Å². The molecule has 0 aliphatic rings. The molecular weight excluding hydrogens is 380 g/mol. The average molecular weight is 399 g/mol. The van der Waals surface area contributed by atoms with Gasteiger partial charge in [0.1, 0.15) is 6.54 Å². The first-order valence-corrected chi connectivity index (χ1v) is 10.9. The number of anilines is 1. The summed E-state index contributed by atoms with van der Waals surface area (Å²) in [5.41, 5.74) is 1.23. The average Bonchev–Trinajstić information content (AvgIpc) is 2.58. The zero-order chi connectivity index (χ0) is 18.4. The van der Waals surface area contributed by atoms with Gasteiger partial charge in [0.05, 0.1) is 11.9 Å². The van der Waals surface area contributed by atoms with Crippen molar-refractivity contribution in [2.75, 3.05) is 23.4 Å². The predicted molar refractivity (Wildman–Crippen MR) is 104 cm³/mol. The molecular formula is C17H19ClN2O3S2. The first kappa shape index (κ1) is 19.6. The first-order chi connectivity index (χ1) is 11.8. The van der Waals surface area contributed by atoms with E-state index in [0.717, 1.165) is 21.0 Å². The molecule has 0 atom stereocenters. The van der Waals surface area contributed by atoms with Gasteiger partial charge >= 0.3 is 0 Å². The number of benzene rings is 2. The van der Waals surface area contributed by atoms with Crippen LogP contribution in [0.25, 0.3) is 0 Å². The summed E-state index contributed by atoms with van der Waals surface area (Å²) >= 11 is 7.56. The molecule has 134 valence electrons. The molecule has 25 heavy (non-hydrogen) atoms. The summed E-state index contributed by atoms with van der Waals surface area (Å²) in [7, 11) is -3.59. The van der Waals surface area contributed by atoms with Crippen LogP contribution < -0.4 is 9.62 Å². The number of rotatable bonds is 7. The number of nitrogens with one attached hydrogen (secondary N) is 1. The molecule has 0 aliphatic carbocycles. The zero-order valence-corrected chi connectivity index (χ0v) is 16.3. The van der Waals surface area contributed by atoms with E-state index in [9.17, 15) is 13.2 Å². The fourth-order valence-corrected chi connectivity index (χ4v) is 3.69. The lowest BCUT2D eigenvalue weighted by Crippen LogP contribution is -2.40. The normalized spacial score (nSPS) is 11.2. The number of carbonyl (C=O) groups is 1. The molecule has 0 unspecified atom stereocenters. The molecule has 5 nitrogen and oxygen atoms in total. The van der Waals surface area contributed by atoms with Gasteiger partial charge in [-0.15, -0.1) is 11.8 Å². The van der Waals surface area contributed by atoms with Gasteiger partial charge in [0.25, 0.3) is 0 Å². The summed E-state index contributed by atoms with van der Waals surface area (Å²) in [6.45, 7) is -0.0535. The van der Waals surface area contributed by atoms with E-state index in [0.29, 0.717) is 10.7 Å². The first-order valence-electron chi connectivity index (χ1n) is 7.43. The standard InChI is InChI=1S/C17H19ClN2O3S2/c1-24-15-8-5-7-14(10-15)20(25(2,22)23)12-17(21)19-11-13-6-3-4-9-16(13)18/h3-10H,11-12H2,1-2H3,(H,19,21). The van der Waals surface area contributed by atoms with Crippen molar-refractivity contribution in [2.45, 2.75) is 11.4 Å². The highest BCUT2D eigenvalue weighted by Gasteiger charge is 2.21. The van der Waals surface area contributed by atoms with E-state index in [1.807, 2.05) is 18.4 Å². The molecule has 0 spiro atoms. The minimum Gasteiger partial charge on any atom is -0.350 e. The SMILES string of the molecule is CSc1cccc(N(CC(=O)NCc2ccccc2Cl)S(C)(=O)=O)c1. The summed E-state index contributed by atoms with van der Waals surface area (Å²) in [6, 6.07) is 14.2. The van der Waals surface area contributed by atoms with Crippen LogP contribution in [0.5, 0.6) is 0 Å². The molecule has 0 aromatic heterocycles. The van der Waals surface area contributed by atoms with Crippen LogP contribution in [0.3, 0.4) is 0 Å². The van der Waals surface area contributed by atoms with Crippen LogP contribution in [0.2, 0.25) is 5.02 Å². The van der Waals surface area contributed by atoms with Gasteiger partial charge in [-0.1, -0.05) is 35.9 Å². The Bertz CT molecular complexity index is 856. The van der Waals surface area contributed by atoms with Crippen molar-refractivity contribution < 1.29 is 13.2 Å². The van der Waals surface area contributed by atoms with Crippen LogP contribution in [0, 0.1) is 0 Å². The van der Waals surface area contributed by atoms with Gasteiger partial charge in [0.15, 0.2) is 0 Å². The zero-order valence-electron chi connectivity index (χ0n) is 13.9. The topological polar surface area (TPSA) is 66.5 Å². The van der Waals surface area contributed by atoms with Crippen LogP contribution in [-0.2, 0) is 21.4 Å². The summed E-state index contributed by atoms with van der Waals surface area (Å²) < 4.78 is 25.3. The van der Waals surface area contributed by atoms with Gasteiger partial charge in [-0.05, 0) is 36.1 Å². The van der Waals surface area contributed by atoms with Gasteiger partial charge < -0.3 is 5.32 Å². The Balaban J connectivity index is 2.12.